The molecular formula is C12H16FN2. The molecule has 0 aliphatic carbocycles. The van der Waals surface area contributed by atoms with Crippen LogP contribution in [-0.4, -0.2) is 26.2 Å². The van der Waals surface area contributed by atoms with Crippen molar-refractivity contribution in [2.24, 2.45) is 0 Å². The van der Waals surface area contributed by atoms with E-state index in [0.717, 1.165) is 31.6 Å². The lowest BCUT2D eigenvalue weighted by molar-refractivity contribution is 0.437. The quantitative estimate of drug-likeness (QED) is 0.725. The van der Waals surface area contributed by atoms with Crippen molar-refractivity contribution in [2.45, 2.75) is 18.9 Å². The second kappa shape index (κ2) is 4.62. The van der Waals surface area contributed by atoms with Crippen LogP contribution in [0, 0.1) is 5.82 Å². The van der Waals surface area contributed by atoms with E-state index in [0.29, 0.717) is 6.04 Å². The second-order valence-electron chi connectivity index (χ2n) is 3.99. The second-order valence-corrected chi connectivity index (χ2v) is 3.99. The summed E-state index contributed by atoms with van der Waals surface area (Å²) in [4.78, 5) is 2.23. The topological polar surface area (TPSA) is 17.3 Å². The smallest absolute Gasteiger partial charge is 0.123 e. The molecule has 15 heavy (non-hydrogen) atoms. The van der Waals surface area contributed by atoms with Gasteiger partial charge in [-0.1, -0.05) is 0 Å². The standard InChI is InChI=1S/C12H16FN2/c1-15(12-6-8-14-9-7-12)11-4-2-10(13)3-5-11/h2-5,12H,6-9H2,1H3. The maximum atomic E-state index is 12.8. The normalized spacial score (nSPS) is 17.7. The molecule has 0 aromatic heterocycles. The highest BCUT2D eigenvalue weighted by molar-refractivity contribution is 5.46. The van der Waals surface area contributed by atoms with E-state index in [-0.39, 0.29) is 5.82 Å². The molecule has 0 unspecified atom stereocenters. The minimum Gasteiger partial charge on any atom is -0.372 e. The first-order valence-corrected chi connectivity index (χ1v) is 5.39. The molecule has 1 heterocycles. The lowest BCUT2D eigenvalue weighted by atomic mass is 10.0. The van der Waals surface area contributed by atoms with Crippen molar-refractivity contribution in [2.75, 3.05) is 25.0 Å². The van der Waals surface area contributed by atoms with Crippen molar-refractivity contribution in [1.82, 2.24) is 5.32 Å². The number of halogens is 1. The van der Waals surface area contributed by atoms with Crippen molar-refractivity contribution >= 4 is 5.69 Å². The number of hydrogen-bond donors (Lipinski definition) is 0. The summed E-state index contributed by atoms with van der Waals surface area (Å²) in [6, 6.07) is 7.24. The summed E-state index contributed by atoms with van der Waals surface area (Å²) >= 11 is 0. The molecule has 0 amide bonds. The lowest BCUT2D eigenvalue weighted by Crippen LogP contribution is -2.38. The Morgan fingerprint density at radius 2 is 1.80 bits per heavy atom. The van der Waals surface area contributed by atoms with Gasteiger partial charge in [0.25, 0.3) is 0 Å². The van der Waals surface area contributed by atoms with E-state index in [2.05, 4.69) is 17.3 Å². The van der Waals surface area contributed by atoms with Crippen LogP contribution in [0.2, 0.25) is 0 Å². The summed E-state index contributed by atoms with van der Waals surface area (Å²) in [5.41, 5.74) is 1.09. The minimum absolute atomic E-state index is 0.175. The SMILES string of the molecule is CN(c1ccc(F)cc1)C1CC[N]CC1. The van der Waals surface area contributed by atoms with E-state index in [9.17, 15) is 4.39 Å². The zero-order chi connectivity index (χ0) is 10.7. The zero-order valence-corrected chi connectivity index (χ0v) is 8.99. The molecule has 0 N–H and O–H groups in total. The Balaban J connectivity index is 2.05. The van der Waals surface area contributed by atoms with Gasteiger partial charge in [0.15, 0.2) is 0 Å². The summed E-state index contributed by atoms with van der Waals surface area (Å²) < 4.78 is 12.8. The fourth-order valence-electron chi connectivity index (χ4n) is 2.01. The third kappa shape index (κ3) is 2.48. The molecule has 2 nitrogen and oxygen atoms in total. The summed E-state index contributed by atoms with van der Waals surface area (Å²) in [5, 5.41) is 4.33. The fraction of sp³-hybridized carbons (Fsp3) is 0.500. The number of anilines is 1. The zero-order valence-electron chi connectivity index (χ0n) is 8.99. The van der Waals surface area contributed by atoms with Crippen LogP contribution in [0.3, 0.4) is 0 Å². The fourth-order valence-corrected chi connectivity index (χ4v) is 2.01. The largest absolute Gasteiger partial charge is 0.372 e. The van der Waals surface area contributed by atoms with Gasteiger partial charge >= 0.3 is 0 Å². The highest BCUT2D eigenvalue weighted by atomic mass is 19.1. The van der Waals surface area contributed by atoms with Crippen LogP contribution in [0.1, 0.15) is 12.8 Å². The number of piperidine rings is 1. The van der Waals surface area contributed by atoms with Crippen LogP contribution in [0.25, 0.3) is 0 Å². The maximum Gasteiger partial charge on any atom is 0.123 e. The van der Waals surface area contributed by atoms with Gasteiger partial charge in [-0.15, -0.1) is 0 Å². The summed E-state index contributed by atoms with van der Waals surface area (Å²) in [6.07, 6.45) is 2.21. The third-order valence-corrected chi connectivity index (χ3v) is 3.02. The van der Waals surface area contributed by atoms with Crippen molar-refractivity contribution in [3.63, 3.8) is 0 Å². The average Bonchev–Trinajstić information content (AvgIpc) is 2.30. The highest BCUT2D eigenvalue weighted by Gasteiger charge is 2.18. The van der Waals surface area contributed by atoms with Gasteiger partial charge < -0.3 is 4.90 Å². The van der Waals surface area contributed by atoms with Crippen LogP contribution in [0.15, 0.2) is 24.3 Å². The highest BCUT2D eigenvalue weighted by Crippen LogP contribution is 2.20. The number of hydrogen-bond acceptors (Lipinski definition) is 1. The predicted octanol–water partition coefficient (Wildman–Crippen LogP) is 2.03. The summed E-state index contributed by atoms with van der Waals surface area (Å²) in [7, 11) is 2.07. The molecule has 1 aliphatic rings. The Morgan fingerprint density at radius 1 is 1.20 bits per heavy atom. The van der Waals surface area contributed by atoms with Gasteiger partial charge in [-0.3, -0.25) is 0 Å². The van der Waals surface area contributed by atoms with Gasteiger partial charge in [-0.05, 0) is 37.1 Å². The average molecular weight is 207 g/mol. The molecule has 0 bridgehead atoms. The molecule has 1 aliphatic heterocycles. The molecule has 1 radical (unpaired) electrons. The number of benzene rings is 1. The van der Waals surface area contributed by atoms with Crippen molar-refractivity contribution in [1.29, 1.82) is 0 Å². The van der Waals surface area contributed by atoms with Crippen molar-refractivity contribution in [3.05, 3.63) is 30.1 Å². The number of nitrogens with zero attached hydrogens (tertiary/aromatic N) is 2. The van der Waals surface area contributed by atoms with Gasteiger partial charge in [-0.25, -0.2) is 9.71 Å². The van der Waals surface area contributed by atoms with Gasteiger partial charge in [0.05, 0.1) is 0 Å². The van der Waals surface area contributed by atoms with Crippen LogP contribution in [0.4, 0.5) is 10.1 Å². The van der Waals surface area contributed by atoms with Gasteiger partial charge in [0.2, 0.25) is 0 Å². The Hall–Kier alpha value is -1.09. The predicted molar refractivity (Wildman–Crippen MR) is 59.7 cm³/mol. The third-order valence-electron chi connectivity index (χ3n) is 3.02. The summed E-state index contributed by atoms with van der Waals surface area (Å²) in [6.45, 7) is 1.91. The lowest BCUT2D eigenvalue weighted by Gasteiger charge is -2.32. The Kier molecular flexibility index (Phi) is 3.21. The first-order valence-electron chi connectivity index (χ1n) is 5.39. The van der Waals surface area contributed by atoms with Crippen LogP contribution >= 0.6 is 0 Å². The Labute approximate surface area is 90.1 Å². The van der Waals surface area contributed by atoms with E-state index in [4.69, 9.17) is 0 Å². The monoisotopic (exact) mass is 207 g/mol. The molecule has 0 atom stereocenters. The number of rotatable bonds is 2. The van der Waals surface area contributed by atoms with E-state index < -0.39 is 0 Å². The molecular weight excluding hydrogens is 191 g/mol. The van der Waals surface area contributed by atoms with Crippen LogP contribution in [-0.2, 0) is 0 Å². The molecule has 1 fully saturated rings. The van der Waals surface area contributed by atoms with E-state index in [1.807, 2.05) is 12.1 Å². The Bertz CT molecular complexity index is 304. The molecule has 0 spiro atoms. The van der Waals surface area contributed by atoms with E-state index in [1.165, 1.54) is 12.1 Å². The van der Waals surface area contributed by atoms with E-state index in [1.54, 1.807) is 0 Å². The molecule has 0 saturated carbocycles. The first-order chi connectivity index (χ1) is 7.27. The maximum absolute atomic E-state index is 12.8. The molecule has 81 valence electrons. The molecule has 2 rings (SSSR count). The first kappa shape index (κ1) is 10.4. The van der Waals surface area contributed by atoms with Crippen molar-refractivity contribution < 1.29 is 4.39 Å². The minimum atomic E-state index is -0.175. The van der Waals surface area contributed by atoms with Crippen LogP contribution < -0.4 is 10.2 Å². The van der Waals surface area contributed by atoms with Gasteiger partial charge in [0.1, 0.15) is 5.82 Å². The molecule has 1 saturated heterocycles. The Morgan fingerprint density at radius 3 is 2.40 bits per heavy atom. The van der Waals surface area contributed by atoms with Crippen LogP contribution in [0.5, 0.6) is 0 Å². The molecule has 3 heteroatoms. The molecule has 1 aromatic rings. The molecule has 1 aromatic carbocycles. The van der Waals surface area contributed by atoms with Gasteiger partial charge in [-0.2, -0.15) is 0 Å². The summed E-state index contributed by atoms with van der Waals surface area (Å²) in [5.74, 6) is -0.175. The van der Waals surface area contributed by atoms with E-state index >= 15 is 0 Å². The van der Waals surface area contributed by atoms with Crippen molar-refractivity contribution in [3.8, 4) is 0 Å². The van der Waals surface area contributed by atoms with Gasteiger partial charge in [0, 0.05) is 31.9 Å².